The van der Waals surface area contributed by atoms with Crippen molar-refractivity contribution in [1.29, 1.82) is 0 Å². The first kappa shape index (κ1) is 15.4. The summed E-state index contributed by atoms with van der Waals surface area (Å²) in [5.74, 6) is 0.716. The van der Waals surface area contributed by atoms with Crippen LogP contribution in [0.15, 0.2) is 27.7 Å². The van der Waals surface area contributed by atoms with Crippen LogP contribution in [0.25, 0.3) is 20.7 Å². The number of hydrogen-bond acceptors (Lipinski definition) is 5. The molecule has 0 radical (unpaired) electrons. The van der Waals surface area contributed by atoms with Gasteiger partial charge in [0.05, 0.1) is 11.4 Å². The van der Waals surface area contributed by atoms with Gasteiger partial charge in [-0.3, -0.25) is 4.79 Å². The molecular formula is C16H19N3OS2. The van der Waals surface area contributed by atoms with Gasteiger partial charge in [-0.25, -0.2) is 4.98 Å². The number of fused-ring (bicyclic) bond motifs is 1. The first-order chi connectivity index (χ1) is 10.7. The number of nitrogens with one attached hydrogen (secondary N) is 2. The zero-order valence-corrected chi connectivity index (χ0v) is 14.3. The number of aromatic nitrogens is 2. The van der Waals surface area contributed by atoms with E-state index in [0.717, 1.165) is 34.7 Å². The fourth-order valence-corrected chi connectivity index (χ4v) is 4.15. The van der Waals surface area contributed by atoms with Gasteiger partial charge >= 0.3 is 0 Å². The molecule has 0 aliphatic rings. The molecule has 0 bridgehead atoms. The molecule has 3 aromatic rings. The maximum atomic E-state index is 12.5. The van der Waals surface area contributed by atoms with Crippen molar-refractivity contribution in [1.82, 2.24) is 15.3 Å². The number of thiophene rings is 2. The molecule has 0 saturated heterocycles. The Morgan fingerprint density at radius 1 is 1.41 bits per heavy atom. The van der Waals surface area contributed by atoms with E-state index in [1.807, 2.05) is 29.8 Å². The summed E-state index contributed by atoms with van der Waals surface area (Å²) in [6, 6.07) is 4.09. The van der Waals surface area contributed by atoms with E-state index < -0.39 is 0 Å². The van der Waals surface area contributed by atoms with Gasteiger partial charge in [-0.1, -0.05) is 19.4 Å². The van der Waals surface area contributed by atoms with Crippen LogP contribution in [0.5, 0.6) is 0 Å². The number of unbranched alkanes of at least 4 members (excludes halogenated alkanes) is 1. The molecule has 0 aliphatic carbocycles. The third-order valence-corrected chi connectivity index (χ3v) is 5.42. The number of hydrogen-bond donors (Lipinski definition) is 2. The molecule has 0 fully saturated rings. The molecule has 1 atom stereocenters. The highest BCUT2D eigenvalue weighted by Gasteiger charge is 2.15. The van der Waals surface area contributed by atoms with Gasteiger partial charge in [-0.15, -0.1) is 22.7 Å². The largest absolute Gasteiger partial charge is 0.309 e. The Morgan fingerprint density at radius 2 is 2.27 bits per heavy atom. The van der Waals surface area contributed by atoms with Crippen LogP contribution in [0.4, 0.5) is 0 Å². The molecular weight excluding hydrogens is 314 g/mol. The van der Waals surface area contributed by atoms with Crippen molar-refractivity contribution in [3.63, 3.8) is 0 Å². The van der Waals surface area contributed by atoms with Crippen molar-refractivity contribution in [2.45, 2.75) is 32.7 Å². The predicted octanol–water partition coefficient (Wildman–Crippen LogP) is 4.16. The summed E-state index contributed by atoms with van der Waals surface area (Å²) in [6.07, 6.45) is 2.27. The van der Waals surface area contributed by atoms with Crippen molar-refractivity contribution in [2.75, 3.05) is 6.54 Å². The highest BCUT2D eigenvalue weighted by atomic mass is 32.1. The molecule has 6 heteroatoms. The van der Waals surface area contributed by atoms with Crippen LogP contribution in [0.1, 0.15) is 38.6 Å². The number of aromatic amines is 1. The zero-order chi connectivity index (χ0) is 15.5. The van der Waals surface area contributed by atoms with Crippen molar-refractivity contribution < 1.29 is 0 Å². The Kier molecular flexibility index (Phi) is 4.71. The summed E-state index contributed by atoms with van der Waals surface area (Å²) in [5.41, 5.74) is 0.940. The standard InChI is InChI=1S/C16H19N3OS2/c1-3-4-7-17-10(2)14-18-15(20)13-11(9-22-16(13)19-14)12-6-5-8-21-12/h5-6,8-10,17H,3-4,7H2,1-2H3,(H,18,19,20)/t10-/m1/s1. The second-order valence-corrected chi connectivity index (χ2v) is 7.09. The average Bonchev–Trinajstić information content (AvgIpc) is 3.16. The lowest BCUT2D eigenvalue weighted by Gasteiger charge is -2.12. The van der Waals surface area contributed by atoms with Crippen LogP contribution in [-0.2, 0) is 0 Å². The SMILES string of the molecule is CCCCN[C@H](C)c1nc2scc(-c3cccs3)c2c(=O)[nH]1. The van der Waals surface area contributed by atoms with E-state index in [0.29, 0.717) is 11.2 Å². The van der Waals surface area contributed by atoms with E-state index in [4.69, 9.17) is 0 Å². The molecule has 0 spiro atoms. The quantitative estimate of drug-likeness (QED) is 0.666. The van der Waals surface area contributed by atoms with Crippen LogP contribution < -0.4 is 10.9 Å². The summed E-state index contributed by atoms with van der Waals surface area (Å²) in [4.78, 5) is 22.0. The van der Waals surface area contributed by atoms with Gasteiger partial charge < -0.3 is 10.3 Å². The van der Waals surface area contributed by atoms with Crippen LogP contribution in [0.2, 0.25) is 0 Å². The molecule has 116 valence electrons. The molecule has 3 aromatic heterocycles. The van der Waals surface area contributed by atoms with Gasteiger partial charge in [0, 0.05) is 15.8 Å². The molecule has 2 N–H and O–H groups in total. The van der Waals surface area contributed by atoms with Crippen molar-refractivity contribution in [3.05, 3.63) is 39.1 Å². The Labute approximate surface area is 137 Å². The first-order valence-corrected chi connectivity index (χ1v) is 9.25. The Hall–Kier alpha value is -1.50. The van der Waals surface area contributed by atoms with E-state index in [9.17, 15) is 4.79 Å². The number of rotatable bonds is 6. The van der Waals surface area contributed by atoms with E-state index in [1.165, 1.54) is 11.3 Å². The van der Waals surface area contributed by atoms with Crippen molar-refractivity contribution in [3.8, 4) is 10.4 Å². The van der Waals surface area contributed by atoms with E-state index in [1.54, 1.807) is 11.3 Å². The van der Waals surface area contributed by atoms with E-state index in [2.05, 4.69) is 22.2 Å². The minimum Gasteiger partial charge on any atom is -0.309 e. The molecule has 3 heterocycles. The first-order valence-electron chi connectivity index (χ1n) is 7.49. The summed E-state index contributed by atoms with van der Waals surface area (Å²) in [6.45, 7) is 5.13. The molecule has 0 unspecified atom stereocenters. The summed E-state index contributed by atoms with van der Waals surface area (Å²) in [7, 11) is 0. The van der Waals surface area contributed by atoms with Crippen molar-refractivity contribution in [2.24, 2.45) is 0 Å². The topological polar surface area (TPSA) is 57.8 Å². The van der Waals surface area contributed by atoms with Gasteiger partial charge in [0.1, 0.15) is 10.7 Å². The Bertz CT molecular complexity index is 805. The summed E-state index contributed by atoms with van der Waals surface area (Å²) >= 11 is 3.18. The third-order valence-electron chi connectivity index (χ3n) is 3.64. The number of H-pyrrole nitrogens is 1. The highest BCUT2D eigenvalue weighted by Crippen LogP contribution is 2.33. The molecule has 3 rings (SSSR count). The summed E-state index contributed by atoms with van der Waals surface area (Å²) in [5, 5.41) is 8.15. The van der Waals surface area contributed by atoms with Crippen LogP contribution in [0, 0.1) is 0 Å². The van der Waals surface area contributed by atoms with E-state index in [-0.39, 0.29) is 11.6 Å². The minimum absolute atomic E-state index is 0.0474. The maximum Gasteiger partial charge on any atom is 0.260 e. The predicted molar refractivity (Wildman–Crippen MR) is 94.9 cm³/mol. The normalized spacial score (nSPS) is 12.8. The van der Waals surface area contributed by atoms with Crippen LogP contribution >= 0.6 is 22.7 Å². The Balaban J connectivity index is 1.95. The lowest BCUT2D eigenvalue weighted by atomic mass is 10.2. The molecule has 0 aliphatic heterocycles. The average molecular weight is 333 g/mol. The molecule has 0 aromatic carbocycles. The van der Waals surface area contributed by atoms with Gasteiger partial charge in [0.15, 0.2) is 0 Å². The highest BCUT2D eigenvalue weighted by molar-refractivity contribution is 7.18. The van der Waals surface area contributed by atoms with Crippen LogP contribution in [-0.4, -0.2) is 16.5 Å². The summed E-state index contributed by atoms with van der Waals surface area (Å²) < 4.78 is 0. The second-order valence-electron chi connectivity index (χ2n) is 5.29. The van der Waals surface area contributed by atoms with Crippen LogP contribution in [0.3, 0.4) is 0 Å². The molecule has 0 amide bonds. The monoisotopic (exact) mass is 333 g/mol. The molecule has 0 saturated carbocycles. The maximum absolute atomic E-state index is 12.5. The molecule has 4 nitrogen and oxygen atoms in total. The van der Waals surface area contributed by atoms with Crippen molar-refractivity contribution >= 4 is 32.9 Å². The number of nitrogens with zero attached hydrogens (tertiary/aromatic N) is 1. The fourth-order valence-electron chi connectivity index (χ4n) is 2.38. The van der Waals surface area contributed by atoms with Gasteiger partial charge in [0.25, 0.3) is 5.56 Å². The lowest BCUT2D eigenvalue weighted by molar-refractivity contribution is 0.532. The van der Waals surface area contributed by atoms with Gasteiger partial charge in [-0.2, -0.15) is 0 Å². The second kappa shape index (κ2) is 6.73. The minimum atomic E-state index is -0.0474. The molecule has 22 heavy (non-hydrogen) atoms. The van der Waals surface area contributed by atoms with E-state index >= 15 is 0 Å². The Morgan fingerprint density at radius 3 is 3.00 bits per heavy atom. The smallest absolute Gasteiger partial charge is 0.260 e. The van der Waals surface area contributed by atoms with Gasteiger partial charge in [0.2, 0.25) is 0 Å². The third kappa shape index (κ3) is 2.99. The zero-order valence-electron chi connectivity index (χ0n) is 12.7. The lowest BCUT2D eigenvalue weighted by Crippen LogP contribution is -2.24. The fraction of sp³-hybridized carbons (Fsp3) is 0.375. The van der Waals surface area contributed by atoms with Gasteiger partial charge in [-0.05, 0) is 31.3 Å².